The number of para-hydroxylation sites is 2. The Morgan fingerprint density at radius 3 is 2.54 bits per heavy atom. The topological polar surface area (TPSA) is 76.7 Å². The van der Waals surface area contributed by atoms with Gasteiger partial charge in [0.2, 0.25) is 0 Å². The molecular formula is C22H28N2O4. The van der Waals surface area contributed by atoms with E-state index >= 15 is 0 Å². The van der Waals surface area contributed by atoms with E-state index in [-0.39, 0.29) is 11.8 Å². The van der Waals surface area contributed by atoms with Gasteiger partial charge in [-0.3, -0.25) is 9.59 Å². The van der Waals surface area contributed by atoms with E-state index in [1.807, 2.05) is 31.2 Å². The van der Waals surface area contributed by atoms with E-state index in [1.165, 1.54) is 0 Å². The van der Waals surface area contributed by atoms with Crippen molar-refractivity contribution < 1.29 is 19.1 Å². The molecule has 28 heavy (non-hydrogen) atoms. The highest BCUT2D eigenvalue weighted by Crippen LogP contribution is 2.21. The van der Waals surface area contributed by atoms with E-state index < -0.39 is 6.10 Å². The summed E-state index contributed by atoms with van der Waals surface area (Å²) in [6.45, 7) is 4.80. The molecule has 2 aromatic rings. The van der Waals surface area contributed by atoms with Gasteiger partial charge in [-0.25, -0.2) is 0 Å². The molecule has 0 aliphatic heterocycles. The number of benzene rings is 2. The molecule has 2 rings (SSSR count). The molecule has 6 nitrogen and oxygen atoms in total. The maximum Gasteiger partial charge on any atom is 0.265 e. The summed E-state index contributed by atoms with van der Waals surface area (Å²) in [6, 6.07) is 14.6. The number of amides is 2. The standard InChI is InChI=1S/C22H28N2O4/c1-4-17-10-5-8-13-20(17)28-16(2)21(25)24-19-12-7-6-11-18(19)22(26)23-14-9-15-27-3/h5-8,10-13,16H,4,9,14-15H2,1-3H3,(H,23,26)(H,24,25). The SMILES string of the molecule is CCc1ccccc1OC(C)C(=O)Nc1ccccc1C(=O)NCCCOC. The third-order valence-electron chi connectivity index (χ3n) is 4.27. The lowest BCUT2D eigenvalue weighted by atomic mass is 10.1. The minimum atomic E-state index is -0.703. The summed E-state index contributed by atoms with van der Waals surface area (Å²) in [5.41, 5.74) is 1.91. The van der Waals surface area contributed by atoms with Crippen LogP contribution in [0.5, 0.6) is 5.75 Å². The lowest BCUT2D eigenvalue weighted by Gasteiger charge is -2.18. The van der Waals surface area contributed by atoms with Crippen LogP contribution in [0, 0.1) is 0 Å². The largest absolute Gasteiger partial charge is 0.481 e. The minimum absolute atomic E-state index is 0.239. The number of hydrogen-bond acceptors (Lipinski definition) is 4. The first-order chi connectivity index (χ1) is 13.6. The van der Waals surface area contributed by atoms with Crippen molar-refractivity contribution in [3.63, 3.8) is 0 Å². The number of aryl methyl sites for hydroxylation is 1. The van der Waals surface area contributed by atoms with Gasteiger partial charge in [-0.15, -0.1) is 0 Å². The number of rotatable bonds is 10. The van der Waals surface area contributed by atoms with Gasteiger partial charge in [0.1, 0.15) is 5.75 Å². The number of nitrogens with one attached hydrogen (secondary N) is 2. The average molecular weight is 384 g/mol. The van der Waals surface area contributed by atoms with Crippen molar-refractivity contribution in [1.82, 2.24) is 5.32 Å². The predicted octanol–water partition coefficient (Wildman–Crippen LogP) is 3.42. The van der Waals surface area contributed by atoms with Gasteiger partial charge in [0.25, 0.3) is 11.8 Å². The Morgan fingerprint density at radius 2 is 1.79 bits per heavy atom. The smallest absolute Gasteiger partial charge is 0.265 e. The van der Waals surface area contributed by atoms with Gasteiger partial charge in [0, 0.05) is 20.3 Å². The van der Waals surface area contributed by atoms with Crippen LogP contribution in [-0.2, 0) is 16.0 Å². The molecule has 0 heterocycles. The number of anilines is 1. The third-order valence-corrected chi connectivity index (χ3v) is 4.27. The molecule has 0 saturated heterocycles. The Balaban J connectivity index is 2.02. The monoisotopic (exact) mass is 384 g/mol. The first kappa shape index (κ1) is 21.4. The summed E-state index contributed by atoms with van der Waals surface area (Å²) in [5.74, 6) is 0.138. The van der Waals surface area contributed by atoms with Gasteiger partial charge >= 0.3 is 0 Å². The zero-order valence-electron chi connectivity index (χ0n) is 16.7. The Labute approximate surface area is 166 Å². The van der Waals surface area contributed by atoms with Crippen LogP contribution in [0.2, 0.25) is 0 Å². The van der Waals surface area contributed by atoms with Crippen molar-refractivity contribution in [2.45, 2.75) is 32.8 Å². The Bertz CT molecular complexity index is 792. The molecular weight excluding hydrogens is 356 g/mol. The van der Waals surface area contributed by atoms with Gasteiger partial charge in [0.15, 0.2) is 6.10 Å². The molecule has 1 unspecified atom stereocenters. The van der Waals surface area contributed by atoms with Crippen molar-refractivity contribution in [3.8, 4) is 5.75 Å². The van der Waals surface area contributed by atoms with Crippen LogP contribution in [0.4, 0.5) is 5.69 Å². The van der Waals surface area contributed by atoms with Crippen LogP contribution in [0.1, 0.15) is 36.2 Å². The summed E-state index contributed by atoms with van der Waals surface area (Å²) in [6.07, 6.45) is 0.834. The van der Waals surface area contributed by atoms with Crippen LogP contribution >= 0.6 is 0 Å². The first-order valence-corrected chi connectivity index (χ1v) is 9.48. The highest BCUT2D eigenvalue weighted by molar-refractivity contribution is 6.04. The van der Waals surface area contributed by atoms with Crippen LogP contribution in [0.25, 0.3) is 0 Å². The van der Waals surface area contributed by atoms with E-state index in [9.17, 15) is 9.59 Å². The van der Waals surface area contributed by atoms with Crippen LogP contribution in [0.3, 0.4) is 0 Å². The van der Waals surface area contributed by atoms with Crippen molar-refractivity contribution in [1.29, 1.82) is 0 Å². The van der Waals surface area contributed by atoms with E-state index in [1.54, 1.807) is 38.3 Å². The lowest BCUT2D eigenvalue weighted by Crippen LogP contribution is -2.32. The number of hydrogen-bond donors (Lipinski definition) is 2. The molecule has 0 radical (unpaired) electrons. The molecule has 2 aromatic carbocycles. The molecule has 2 amide bonds. The summed E-state index contributed by atoms with van der Waals surface area (Å²) in [4.78, 5) is 25.0. The molecule has 0 aliphatic rings. The molecule has 0 saturated carbocycles. The highest BCUT2D eigenvalue weighted by Gasteiger charge is 2.19. The van der Waals surface area contributed by atoms with Gasteiger partial charge in [-0.1, -0.05) is 37.3 Å². The van der Waals surface area contributed by atoms with Crippen LogP contribution < -0.4 is 15.4 Å². The molecule has 0 aromatic heterocycles. The second kappa shape index (κ2) is 11.1. The molecule has 0 fully saturated rings. The summed E-state index contributed by atoms with van der Waals surface area (Å²) in [5, 5.41) is 5.63. The molecule has 2 N–H and O–H groups in total. The summed E-state index contributed by atoms with van der Waals surface area (Å²) >= 11 is 0. The van der Waals surface area contributed by atoms with Crippen LogP contribution in [-0.4, -0.2) is 38.2 Å². The fourth-order valence-electron chi connectivity index (χ4n) is 2.69. The maximum absolute atomic E-state index is 12.6. The Kier molecular flexibility index (Phi) is 8.49. The van der Waals surface area contributed by atoms with E-state index in [0.717, 1.165) is 18.4 Å². The zero-order chi connectivity index (χ0) is 20.4. The molecule has 0 spiro atoms. The molecule has 6 heteroatoms. The van der Waals surface area contributed by atoms with Gasteiger partial charge in [0.05, 0.1) is 11.3 Å². The Hall–Kier alpha value is -2.86. The second-order valence-electron chi connectivity index (χ2n) is 6.36. The lowest BCUT2D eigenvalue weighted by molar-refractivity contribution is -0.122. The van der Waals surface area contributed by atoms with Crippen LogP contribution in [0.15, 0.2) is 48.5 Å². The number of methoxy groups -OCH3 is 1. The van der Waals surface area contributed by atoms with E-state index in [0.29, 0.717) is 30.2 Å². The van der Waals surface area contributed by atoms with E-state index in [2.05, 4.69) is 10.6 Å². The molecule has 1 atom stereocenters. The fourth-order valence-corrected chi connectivity index (χ4v) is 2.69. The number of carbonyl (C=O) groups is 2. The van der Waals surface area contributed by atoms with Crippen molar-refractivity contribution in [2.75, 3.05) is 25.6 Å². The van der Waals surface area contributed by atoms with Gasteiger partial charge in [-0.05, 0) is 43.5 Å². The van der Waals surface area contributed by atoms with Crippen molar-refractivity contribution in [3.05, 3.63) is 59.7 Å². The first-order valence-electron chi connectivity index (χ1n) is 9.48. The molecule has 0 aliphatic carbocycles. The summed E-state index contributed by atoms with van der Waals surface area (Å²) in [7, 11) is 1.62. The summed E-state index contributed by atoms with van der Waals surface area (Å²) < 4.78 is 10.8. The van der Waals surface area contributed by atoms with Gasteiger partial charge < -0.3 is 20.1 Å². The number of carbonyl (C=O) groups excluding carboxylic acids is 2. The normalized spacial score (nSPS) is 11.5. The number of ether oxygens (including phenoxy) is 2. The minimum Gasteiger partial charge on any atom is -0.481 e. The molecule has 150 valence electrons. The fraction of sp³-hybridized carbons (Fsp3) is 0.364. The Morgan fingerprint density at radius 1 is 1.07 bits per heavy atom. The molecule has 0 bridgehead atoms. The predicted molar refractivity (Wildman–Crippen MR) is 110 cm³/mol. The van der Waals surface area contributed by atoms with Crippen molar-refractivity contribution in [2.24, 2.45) is 0 Å². The third kappa shape index (κ3) is 6.09. The maximum atomic E-state index is 12.6. The van der Waals surface area contributed by atoms with Gasteiger partial charge in [-0.2, -0.15) is 0 Å². The van der Waals surface area contributed by atoms with Crippen molar-refractivity contribution >= 4 is 17.5 Å². The van der Waals surface area contributed by atoms with E-state index in [4.69, 9.17) is 9.47 Å². The second-order valence-corrected chi connectivity index (χ2v) is 6.36. The highest BCUT2D eigenvalue weighted by atomic mass is 16.5. The quantitative estimate of drug-likeness (QED) is 0.616. The zero-order valence-corrected chi connectivity index (χ0v) is 16.7. The average Bonchev–Trinajstić information content (AvgIpc) is 2.71.